The van der Waals surface area contributed by atoms with Crippen LogP contribution in [-0.2, 0) is 17.8 Å². The van der Waals surface area contributed by atoms with Crippen LogP contribution in [0, 0.1) is 0 Å². The number of carbonyl (C=O) groups is 1. The highest BCUT2D eigenvalue weighted by molar-refractivity contribution is 5.71. The monoisotopic (exact) mass is 265 g/mol. The van der Waals surface area contributed by atoms with E-state index in [1.807, 2.05) is 0 Å². The molecule has 0 aromatic carbocycles. The maximum Gasteiger partial charge on any atom is 0.574 e. The van der Waals surface area contributed by atoms with Crippen molar-refractivity contribution in [1.82, 2.24) is 4.98 Å². The summed E-state index contributed by atoms with van der Waals surface area (Å²) >= 11 is 0. The number of carboxylic acids is 1. The first kappa shape index (κ1) is 14.0. The van der Waals surface area contributed by atoms with Crippen LogP contribution in [0.2, 0.25) is 0 Å². The van der Waals surface area contributed by atoms with Crippen LogP contribution < -0.4 is 16.2 Å². The van der Waals surface area contributed by atoms with Gasteiger partial charge in [-0.15, -0.1) is 13.2 Å². The van der Waals surface area contributed by atoms with Crippen LogP contribution in [0.1, 0.15) is 11.1 Å². The normalized spacial score (nSPS) is 11.3. The number of hydrogen-bond donors (Lipinski definition) is 3. The molecule has 18 heavy (non-hydrogen) atoms. The summed E-state index contributed by atoms with van der Waals surface area (Å²) in [6, 6.07) is 1.15. The Kier molecular flexibility index (Phi) is 3.96. The van der Waals surface area contributed by atoms with Crippen LogP contribution >= 0.6 is 0 Å². The van der Waals surface area contributed by atoms with E-state index in [2.05, 4.69) is 9.72 Å². The number of aromatic nitrogens is 1. The van der Waals surface area contributed by atoms with Crippen LogP contribution in [0.25, 0.3) is 0 Å². The van der Waals surface area contributed by atoms with Crippen molar-refractivity contribution in [1.29, 1.82) is 0 Å². The first-order chi connectivity index (χ1) is 8.23. The molecule has 100 valence electrons. The number of halogens is 3. The minimum absolute atomic E-state index is 0.0387. The number of alkyl halides is 3. The highest BCUT2D eigenvalue weighted by atomic mass is 19.4. The number of nitrogens with two attached hydrogens (primary N) is 2. The standard InChI is InChI=1S/C9H10F3N3O3/c10-9(11,12)18-8-5(3-13)4(2-7(16)17)1-6(14)15-8/h1H,2-3,13H2,(H2,14,15)(H,16,17). The van der Waals surface area contributed by atoms with Crippen molar-refractivity contribution in [2.75, 3.05) is 5.73 Å². The summed E-state index contributed by atoms with van der Waals surface area (Å²) in [6.45, 7) is -0.346. The largest absolute Gasteiger partial charge is 0.574 e. The van der Waals surface area contributed by atoms with Crippen molar-refractivity contribution in [3.05, 3.63) is 17.2 Å². The minimum Gasteiger partial charge on any atom is -0.481 e. The van der Waals surface area contributed by atoms with Crippen LogP contribution in [0.5, 0.6) is 5.88 Å². The summed E-state index contributed by atoms with van der Waals surface area (Å²) in [5.41, 5.74) is 10.5. The first-order valence-electron chi connectivity index (χ1n) is 4.69. The zero-order chi connectivity index (χ0) is 13.9. The molecule has 6 nitrogen and oxygen atoms in total. The zero-order valence-corrected chi connectivity index (χ0v) is 8.99. The fourth-order valence-corrected chi connectivity index (χ4v) is 1.35. The predicted molar refractivity (Wildman–Crippen MR) is 54.6 cm³/mol. The molecule has 0 spiro atoms. The lowest BCUT2D eigenvalue weighted by molar-refractivity contribution is -0.276. The van der Waals surface area contributed by atoms with Crippen LogP contribution in [0.15, 0.2) is 6.07 Å². The van der Waals surface area contributed by atoms with Gasteiger partial charge in [-0.25, -0.2) is 0 Å². The van der Waals surface area contributed by atoms with Gasteiger partial charge < -0.3 is 21.3 Å². The van der Waals surface area contributed by atoms with E-state index in [9.17, 15) is 18.0 Å². The van der Waals surface area contributed by atoms with E-state index in [-0.39, 0.29) is 23.5 Å². The molecule has 1 aromatic heterocycles. The minimum atomic E-state index is -4.95. The molecule has 0 amide bonds. The fraction of sp³-hybridized carbons (Fsp3) is 0.333. The van der Waals surface area contributed by atoms with Crippen LogP contribution in [-0.4, -0.2) is 22.4 Å². The maximum atomic E-state index is 12.1. The number of carboxylic acid groups (broad SMARTS) is 1. The fourth-order valence-electron chi connectivity index (χ4n) is 1.35. The van der Waals surface area contributed by atoms with E-state index in [4.69, 9.17) is 16.6 Å². The first-order valence-corrected chi connectivity index (χ1v) is 4.69. The molecule has 5 N–H and O–H groups in total. The molecule has 9 heteroatoms. The summed E-state index contributed by atoms with van der Waals surface area (Å²) < 4.78 is 40.0. The van der Waals surface area contributed by atoms with E-state index in [1.165, 1.54) is 0 Å². The van der Waals surface area contributed by atoms with Gasteiger partial charge in [-0.05, 0) is 11.6 Å². The number of nitrogen functional groups attached to an aromatic ring is 1. The Morgan fingerprint density at radius 3 is 2.56 bits per heavy atom. The van der Waals surface area contributed by atoms with Crippen LogP contribution in [0.4, 0.5) is 19.0 Å². The van der Waals surface area contributed by atoms with Crippen molar-refractivity contribution < 1.29 is 27.8 Å². The van der Waals surface area contributed by atoms with Crippen molar-refractivity contribution in [3.8, 4) is 5.88 Å². The average molecular weight is 265 g/mol. The SMILES string of the molecule is NCc1c(CC(=O)O)cc(N)nc1OC(F)(F)F. The highest BCUT2D eigenvalue weighted by Crippen LogP contribution is 2.28. The smallest absolute Gasteiger partial charge is 0.481 e. The van der Waals surface area contributed by atoms with Gasteiger partial charge in [0.25, 0.3) is 0 Å². The summed E-state index contributed by atoms with van der Waals surface area (Å²) in [5, 5.41) is 8.64. The second-order valence-electron chi connectivity index (χ2n) is 3.31. The molecule has 0 bridgehead atoms. The third-order valence-corrected chi connectivity index (χ3v) is 1.96. The zero-order valence-electron chi connectivity index (χ0n) is 8.99. The molecule has 0 fully saturated rings. The Morgan fingerprint density at radius 2 is 2.11 bits per heavy atom. The van der Waals surface area contributed by atoms with Crippen molar-refractivity contribution in [3.63, 3.8) is 0 Å². The van der Waals surface area contributed by atoms with Gasteiger partial charge in [0.15, 0.2) is 0 Å². The van der Waals surface area contributed by atoms with Gasteiger partial charge in [0.2, 0.25) is 5.88 Å². The number of aliphatic carboxylic acids is 1. The Labute approximate surface area is 99.4 Å². The van der Waals surface area contributed by atoms with Gasteiger partial charge in [-0.3, -0.25) is 4.79 Å². The van der Waals surface area contributed by atoms with Gasteiger partial charge in [0.1, 0.15) is 5.82 Å². The molecule has 0 saturated carbocycles. The number of ether oxygens (including phenoxy) is 1. The quantitative estimate of drug-likeness (QED) is 0.736. The Bertz CT molecular complexity index is 462. The molecular formula is C9H10F3N3O3. The van der Waals surface area contributed by atoms with Gasteiger partial charge >= 0.3 is 12.3 Å². The molecular weight excluding hydrogens is 255 g/mol. The van der Waals surface area contributed by atoms with E-state index in [1.54, 1.807) is 0 Å². The third kappa shape index (κ3) is 3.77. The van der Waals surface area contributed by atoms with Crippen molar-refractivity contribution in [2.24, 2.45) is 5.73 Å². The lowest BCUT2D eigenvalue weighted by atomic mass is 10.1. The summed E-state index contributed by atoms with van der Waals surface area (Å²) in [6.07, 6.45) is -5.47. The van der Waals surface area contributed by atoms with Gasteiger partial charge in [-0.2, -0.15) is 4.98 Å². The maximum absolute atomic E-state index is 12.1. The molecule has 0 aliphatic rings. The number of pyridine rings is 1. The Balaban J connectivity index is 3.24. The summed E-state index contributed by atoms with van der Waals surface area (Å²) in [5.74, 6) is -2.32. The Hall–Kier alpha value is -2.03. The molecule has 0 saturated heterocycles. The molecule has 1 aromatic rings. The average Bonchev–Trinajstić information content (AvgIpc) is 2.13. The second-order valence-corrected chi connectivity index (χ2v) is 3.31. The number of rotatable bonds is 4. The molecule has 0 aliphatic carbocycles. The van der Waals surface area contributed by atoms with Gasteiger partial charge in [-0.1, -0.05) is 0 Å². The lowest BCUT2D eigenvalue weighted by Crippen LogP contribution is -2.21. The van der Waals surface area contributed by atoms with Crippen molar-refractivity contribution in [2.45, 2.75) is 19.3 Å². The molecule has 0 aliphatic heterocycles. The van der Waals surface area contributed by atoms with E-state index in [0.717, 1.165) is 6.07 Å². The van der Waals surface area contributed by atoms with Gasteiger partial charge in [0, 0.05) is 12.1 Å². The summed E-state index contributed by atoms with van der Waals surface area (Å²) in [4.78, 5) is 13.9. The van der Waals surface area contributed by atoms with Crippen molar-refractivity contribution >= 4 is 11.8 Å². The number of nitrogens with zero attached hydrogens (tertiary/aromatic N) is 1. The van der Waals surface area contributed by atoms with E-state index in [0.29, 0.717) is 0 Å². The molecule has 0 radical (unpaired) electrons. The molecule has 1 heterocycles. The van der Waals surface area contributed by atoms with E-state index < -0.39 is 24.6 Å². The topological polar surface area (TPSA) is 111 Å². The second kappa shape index (κ2) is 5.08. The van der Waals surface area contributed by atoms with Gasteiger partial charge in [0.05, 0.1) is 6.42 Å². The highest BCUT2D eigenvalue weighted by Gasteiger charge is 2.33. The van der Waals surface area contributed by atoms with Crippen LogP contribution in [0.3, 0.4) is 0 Å². The lowest BCUT2D eigenvalue weighted by Gasteiger charge is -2.14. The van der Waals surface area contributed by atoms with E-state index >= 15 is 0 Å². The molecule has 0 atom stereocenters. The number of hydrogen-bond acceptors (Lipinski definition) is 5. The third-order valence-electron chi connectivity index (χ3n) is 1.96. The predicted octanol–water partition coefficient (Wildman–Crippen LogP) is 0.648. The summed E-state index contributed by atoms with van der Waals surface area (Å²) in [7, 11) is 0. The number of anilines is 1. The molecule has 0 unspecified atom stereocenters. The Morgan fingerprint density at radius 1 is 1.50 bits per heavy atom. The molecule has 1 rings (SSSR count).